The number of rotatable bonds is 11. The van der Waals surface area contributed by atoms with Crippen molar-refractivity contribution in [1.29, 1.82) is 0 Å². The number of phenols is 1. The molecule has 40 heavy (non-hydrogen) atoms. The van der Waals surface area contributed by atoms with Crippen molar-refractivity contribution >= 4 is 23.7 Å². The van der Waals surface area contributed by atoms with E-state index >= 15 is 0 Å². The fraction of sp³-hybridized carbons (Fsp3) is 0.312. The quantitative estimate of drug-likeness (QED) is 0.316. The summed E-state index contributed by atoms with van der Waals surface area (Å²) in [5, 5.41) is 22.3. The van der Waals surface area contributed by atoms with E-state index in [2.05, 4.69) is 5.32 Å². The highest BCUT2D eigenvalue weighted by atomic mass is 16.4. The number of nitrogens with one attached hydrogen (secondary N) is 1. The molecule has 0 bridgehead atoms. The summed E-state index contributed by atoms with van der Waals surface area (Å²) in [6.45, 7) is 3.92. The number of hydrogen-bond donors (Lipinski definition) is 3. The zero-order chi connectivity index (χ0) is 28.8. The van der Waals surface area contributed by atoms with Gasteiger partial charge in [0.25, 0.3) is 0 Å². The van der Waals surface area contributed by atoms with Gasteiger partial charge in [0.05, 0.1) is 11.8 Å². The fourth-order valence-electron chi connectivity index (χ4n) is 5.32. The van der Waals surface area contributed by atoms with E-state index < -0.39 is 47.6 Å². The average Bonchev–Trinajstić information content (AvgIpc) is 3.16. The van der Waals surface area contributed by atoms with Crippen LogP contribution in [0.3, 0.4) is 0 Å². The van der Waals surface area contributed by atoms with Crippen LogP contribution in [0.15, 0.2) is 84.9 Å². The smallest absolute Gasteiger partial charge is 0.326 e. The van der Waals surface area contributed by atoms with Gasteiger partial charge in [-0.05, 0) is 41.2 Å². The minimum Gasteiger partial charge on any atom is -0.508 e. The number of aromatic hydroxyl groups is 1. The predicted octanol–water partition coefficient (Wildman–Crippen LogP) is 3.93. The molecule has 3 aromatic rings. The van der Waals surface area contributed by atoms with Crippen molar-refractivity contribution in [3.05, 3.63) is 102 Å². The topological polar surface area (TPSA) is 124 Å². The van der Waals surface area contributed by atoms with Crippen LogP contribution in [0, 0.1) is 11.8 Å². The molecular weight excluding hydrogens is 508 g/mol. The highest BCUT2D eigenvalue weighted by Gasteiger charge is 2.52. The summed E-state index contributed by atoms with van der Waals surface area (Å²) in [7, 11) is 0. The average molecular weight is 543 g/mol. The van der Waals surface area contributed by atoms with E-state index in [1.807, 2.05) is 26.0 Å². The Labute approximate surface area is 233 Å². The molecule has 0 aliphatic carbocycles. The van der Waals surface area contributed by atoms with Crippen LogP contribution in [-0.2, 0) is 32.0 Å². The standard InChI is InChI=1S/C32H34N2O6/c1-20(2)17-25-28(23-13-15-24(35)16-14-23)31(38)34(30(25)37)27(19-22-11-7-4-8-12-22)29(36)33-26(32(39)40)18-21-9-5-3-6-10-21/h3-16,20,25-28,35H,17-19H2,1-2H3,(H,33,36)(H,39,40)/t25?,26-,27?,28?/m0/s1. The van der Waals surface area contributed by atoms with Crippen LogP contribution in [0.1, 0.15) is 42.9 Å². The zero-order valence-electron chi connectivity index (χ0n) is 22.6. The van der Waals surface area contributed by atoms with Crippen molar-refractivity contribution in [1.82, 2.24) is 10.2 Å². The van der Waals surface area contributed by atoms with Crippen LogP contribution in [0.5, 0.6) is 5.75 Å². The Bertz CT molecular complexity index is 1340. The summed E-state index contributed by atoms with van der Waals surface area (Å²) in [5.41, 5.74) is 2.04. The number of imide groups is 1. The summed E-state index contributed by atoms with van der Waals surface area (Å²) in [6.07, 6.45) is 0.518. The van der Waals surface area contributed by atoms with Crippen LogP contribution in [0.4, 0.5) is 0 Å². The molecule has 0 spiro atoms. The van der Waals surface area contributed by atoms with Gasteiger partial charge in [0.2, 0.25) is 17.7 Å². The van der Waals surface area contributed by atoms with Crippen LogP contribution in [-0.4, -0.2) is 50.9 Å². The first-order valence-corrected chi connectivity index (χ1v) is 13.4. The van der Waals surface area contributed by atoms with Gasteiger partial charge < -0.3 is 15.5 Å². The molecule has 1 saturated heterocycles. The first kappa shape index (κ1) is 28.5. The normalized spacial score (nSPS) is 18.5. The molecule has 1 fully saturated rings. The van der Waals surface area contributed by atoms with E-state index in [4.69, 9.17) is 0 Å². The van der Waals surface area contributed by atoms with Crippen LogP contribution in [0.2, 0.25) is 0 Å². The number of carbonyl (C=O) groups excluding carboxylic acids is 3. The molecule has 4 atom stereocenters. The van der Waals surface area contributed by atoms with E-state index in [1.165, 1.54) is 12.1 Å². The van der Waals surface area contributed by atoms with Gasteiger partial charge in [-0.2, -0.15) is 0 Å². The summed E-state index contributed by atoms with van der Waals surface area (Å²) in [5.74, 6) is -4.25. The second-order valence-corrected chi connectivity index (χ2v) is 10.6. The molecule has 208 valence electrons. The minimum atomic E-state index is -1.25. The maximum atomic E-state index is 14.0. The number of hydrogen-bond acceptors (Lipinski definition) is 5. The van der Waals surface area contributed by atoms with E-state index in [0.717, 1.165) is 16.0 Å². The van der Waals surface area contributed by atoms with Crippen LogP contribution >= 0.6 is 0 Å². The Morgan fingerprint density at radius 2 is 1.38 bits per heavy atom. The number of likely N-dealkylation sites (tertiary alicyclic amines) is 1. The highest BCUT2D eigenvalue weighted by molar-refractivity contribution is 6.10. The van der Waals surface area contributed by atoms with E-state index in [1.54, 1.807) is 60.7 Å². The first-order chi connectivity index (χ1) is 19.2. The molecule has 4 rings (SSSR count). The number of carboxylic acid groups (broad SMARTS) is 1. The molecule has 3 N–H and O–H groups in total. The van der Waals surface area contributed by atoms with Crippen molar-refractivity contribution in [2.45, 2.75) is 51.1 Å². The maximum absolute atomic E-state index is 14.0. The lowest BCUT2D eigenvalue weighted by atomic mass is 9.83. The van der Waals surface area contributed by atoms with Gasteiger partial charge in [0.15, 0.2) is 0 Å². The van der Waals surface area contributed by atoms with Gasteiger partial charge in [0, 0.05) is 12.8 Å². The minimum absolute atomic E-state index is 0.0391. The number of carboxylic acids is 1. The molecule has 8 nitrogen and oxygen atoms in total. The Kier molecular flexibility index (Phi) is 8.99. The first-order valence-electron chi connectivity index (χ1n) is 13.4. The zero-order valence-corrected chi connectivity index (χ0v) is 22.6. The molecule has 0 saturated carbocycles. The molecule has 3 aromatic carbocycles. The Morgan fingerprint density at radius 1 is 0.825 bits per heavy atom. The predicted molar refractivity (Wildman–Crippen MR) is 149 cm³/mol. The van der Waals surface area contributed by atoms with Gasteiger partial charge >= 0.3 is 5.97 Å². The third-order valence-electron chi connectivity index (χ3n) is 7.22. The van der Waals surface area contributed by atoms with E-state index in [9.17, 15) is 29.4 Å². The molecule has 0 aromatic heterocycles. The number of carbonyl (C=O) groups is 4. The number of nitrogens with zero attached hydrogens (tertiary/aromatic N) is 1. The summed E-state index contributed by atoms with van der Waals surface area (Å²) >= 11 is 0. The molecule has 1 aliphatic rings. The number of amides is 3. The molecule has 1 heterocycles. The van der Waals surface area contributed by atoms with Crippen molar-refractivity contribution in [2.24, 2.45) is 11.8 Å². The molecule has 1 aliphatic heterocycles. The van der Waals surface area contributed by atoms with Gasteiger partial charge in [-0.25, -0.2) is 4.79 Å². The third-order valence-corrected chi connectivity index (χ3v) is 7.22. The van der Waals surface area contributed by atoms with E-state index in [0.29, 0.717) is 12.0 Å². The van der Waals surface area contributed by atoms with Gasteiger partial charge in [-0.1, -0.05) is 86.6 Å². The lowest BCUT2D eigenvalue weighted by Gasteiger charge is -2.28. The third kappa shape index (κ3) is 6.57. The van der Waals surface area contributed by atoms with Crippen LogP contribution < -0.4 is 5.32 Å². The van der Waals surface area contributed by atoms with Crippen molar-refractivity contribution in [2.75, 3.05) is 0 Å². The molecule has 0 radical (unpaired) electrons. The van der Waals surface area contributed by atoms with Gasteiger partial charge in [-0.3, -0.25) is 19.3 Å². The lowest BCUT2D eigenvalue weighted by molar-refractivity contribution is -0.149. The van der Waals surface area contributed by atoms with Gasteiger partial charge in [-0.15, -0.1) is 0 Å². The lowest BCUT2D eigenvalue weighted by Crippen LogP contribution is -2.55. The molecule has 3 unspecified atom stereocenters. The molecule has 8 heteroatoms. The second kappa shape index (κ2) is 12.6. The largest absolute Gasteiger partial charge is 0.508 e. The Morgan fingerprint density at radius 3 is 1.90 bits per heavy atom. The Balaban J connectivity index is 1.70. The van der Waals surface area contributed by atoms with Crippen molar-refractivity contribution < 1.29 is 29.4 Å². The number of phenolic OH excluding ortho intramolecular Hbond substituents is 1. The van der Waals surface area contributed by atoms with Crippen molar-refractivity contribution in [3.63, 3.8) is 0 Å². The fourth-order valence-corrected chi connectivity index (χ4v) is 5.32. The van der Waals surface area contributed by atoms with Gasteiger partial charge in [0.1, 0.15) is 17.8 Å². The SMILES string of the molecule is CC(C)CC1C(=O)N(C(Cc2ccccc2)C(=O)N[C@@H](Cc2ccccc2)C(=O)O)C(=O)C1c1ccc(O)cc1. The molecular formula is C32H34N2O6. The van der Waals surface area contributed by atoms with Crippen molar-refractivity contribution in [3.8, 4) is 5.75 Å². The number of benzene rings is 3. The Hall–Kier alpha value is -4.46. The second-order valence-electron chi connectivity index (χ2n) is 10.6. The summed E-state index contributed by atoms with van der Waals surface area (Å²) < 4.78 is 0. The summed E-state index contributed by atoms with van der Waals surface area (Å²) in [4.78, 5) is 54.8. The van der Waals surface area contributed by atoms with E-state index in [-0.39, 0.29) is 24.5 Å². The number of aliphatic carboxylic acids is 1. The monoisotopic (exact) mass is 542 g/mol. The molecule has 3 amide bonds. The van der Waals surface area contributed by atoms with Crippen LogP contribution in [0.25, 0.3) is 0 Å². The maximum Gasteiger partial charge on any atom is 0.326 e. The highest BCUT2D eigenvalue weighted by Crippen LogP contribution is 2.40. The summed E-state index contributed by atoms with van der Waals surface area (Å²) in [6, 6.07) is 21.6.